The van der Waals surface area contributed by atoms with Gasteiger partial charge < -0.3 is 26.1 Å². The van der Waals surface area contributed by atoms with Gasteiger partial charge in [0.1, 0.15) is 24.4 Å². The molecule has 0 fully saturated rings. The van der Waals surface area contributed by atoms with Crippen LogP contribution in [0.25, 0.3) is 0 Å². The summed E-state index contributed by atoms with van der Waals surface area (Å²) in [5, 5.41) is 11.0. The van der Waals surface area contributed by atoms with Crippen LogP contribution >= 0.6 is 0 Å². The van der Waals surface area contributed by atoms with Crippen molar-refractivity contribution in [2.45, 2.75) is 118 Å². The van der Waals surface area contributed by atoms with E-state index in [4.69, 9.17) is 0 Å². The van der Waals surface area contributed by atoms with E-state index in [9.17, 15) is 24.0 Å². The van der Waals surface area contributed by atoms with Crippen LogP contribution < -0.4 is 21.3 Å². The van der Waals surface area contributed by atoms with Gasteiger partial charge in [-0.2, -0.15) is 0 Å². The summed E-state index contributed by atoms with van der Waals surface area (Å²) < 4.78 is 0. The number of nitrogens with one attached hydrogen (secondary N) is 4. The highest BCUT2D eigenvalue weighted by molar-refractivity contribution is 5.94. The van der Waals surface area contributed by atoms with Crippen LogP contribution in [0.1, 0.15) is 93.9 Å². The number of aldehydes is 1. The molecule has 0 saturated heterocycles. The minimum Gasteiger partial charge on any atom is -0.345 e. The maximum Gasteiger partial charge on any atom is 0.243 e. The van der Waals surface area contributed by atoms with E-state index >= 15 is 0 Å². The summed E-state index contributed by atoms with van der Waals surface area (Å²) in [6.45, 7) is 15.0. The molecule has 9 heteroatoms. The molecular formula is C26H48N4O5. The summed E-state index contributed by atoms with van der Waals surface area (Å²) in [7, 11) is 0. The fourth-order valence-electron chi connectivity index (χ4n) is 3.78. The van der Waals surface area contributed by atoms with E-state index in [1.165, 1.54) is 6.92 Å². The second-order valence-electron chi connectivity index (χ2n) is 10.7. The maximum atomic E-state index is 13.2. The maximum absolute atomic E-state index is 13.2. The molecule has 4 amide bonds. The Morgan fingerprint density at radius 2 is 1.03 bits per heavy atom. The lowest BCUT2D eigenvalue weighted by Gasteiger charge is -2.27. The summed E-state index contributed by atoms with van der Waals surface area (Å²) >= 11 is 0. The molecule has 0 rings (SSSR count). The van der Waals surface area contributed by atoms with Crippen molar-refractivity contribution in [2.75, 3.05) is 0 Å². The fourth-order valence-corrected chi connectivity index (χ4v) is 3.78. The van der Waals surface area contributed by atoms with Crippen LogP contribution in [-0.2, 0) is 24.0 Å². The summed E-state index contributed by atoms with van der Waals surface area (Å²) in [6.07, 6.45) is 4.17. The standard InChI is InChI=1S/C26H48N4O5/c1-9-10-11-20(15-31)28-24(33)22(13-17(4)5)29-26(35)23(14-18(6)7)30-25(34)21(12-16(2)3)27-19(8)32/h15-18,20-23H,9-14H2,1-8H3,(H,27,32)(H,28,33)(H,29,35)(H,30,34)/t20-,21-,22?,23-/m0/s1. The summed E-state index contributed by atoms with van der Waals surface area (Å²) in [6, 6.07) is -3.05. The van der Waals surface area contributed by atoms with Crippen LogP contribution in [0.2, 0.25) is 0 Å². The molecule has 1 unspecified atom stereocenters. The first-order valence-corrected chi connectivity index (χ1v) is 12.9. The van der Waals surface area contributed by atoms with Gasteiger partial charge in [-0.15, -0.1) is 0 Å². The van der Waals surface area contributed by atoms with Gasteiger partial charge in [0, 0.05) is 6.92 Å². The molecule has 9 nitrogen and oxygen atoms in total. The minimum absolute atomic E-state index is 0.0984. The third-order valence-corrected chi connectivity index (χ3v) is 5.44. The van der Waals surface area contributed by atoms with Gasteiger partial charge in [-0.1, -0.05) is 61.3 Å². The third-order valence-electron chi connectivity index (χ3n) is 5.44. The lowest BCUT2D eigenvalue weighted by Crippen LogP contribution is -2.57. The molecule has 0 spiro atoms. The molecule has 0 aliphatic heterocycles. The van der Waals surface area contributed by atoms with Gasteiger partial charge >= 0.3 is 0 Å². The average Bonchev–Trinajstić information content (AvgIpc) is 2.73. The molecule has 0 aliphatic rings. The Kier molecular flexibility index (Phi) is 15.9. The van der Waals surface area contributed by atoms with Crippen molar-refractivity contribution in [3.63, 3.8) is 0 Å². The van der Waals surface area contributed by atoms with Crippen LogP contribution in [0.15, 0.2) is 0 Å². The van der Waals surface area contributed by atoms with E-state index in [1.54, 1.807) is 0 Å². The molecule has 0 heterocycles. The predicted octanol–water partition coefficient (Wildman–Crippen LogP) is 2.47. The second kappa shape index (κ2) is 17.1. The van der Waals surface area contributed by atoms with Gasteiger partial charge in [0.05, 0.1) is 6.04 Å². The summed E-state index contributed by atoms with van der Waals surface area (Å²) in [5.74, 6) is -1.25. The molecule has 0 aromatic heterocycles. The van der Waals surface area contributed by atoms with Gasteiger partial charge in [0.2, 0.25) is 23.6 Å². The van der Waals surface area contributed by atoms with E-state index in [0.29, 0.717) is 25.7 Å². The number of rotatable bonds is 17. The Hall–Kier alpha value is -2.45. The molecule has 0 radical (unpaired) electrons. The lowest BCUT2D eigenvalue weighted by molar-refractivity contribution is -0.134. The Morgan fingerprint density at radius 1 is 0.657 bits per heavy atom. The highest BCUT2D eigenvalue weighted by Gasteiger charge is 2.31. The van der Waals surface area contributed by atoms with Gasteiger partial charge in [0.15, 0.2) is 0 Å². The van der Waals surface area contributed by atoms with Gasteiger partial charge in [-0.25, -0.2) is 0 Å². The van der Waals surface area contributed by atoms with E-state index in [-0.39, 0.29) is 23.7 Å². The zero-order chi connectivity index (χ0) is 27.1. The van der Waals surface area contributed by atoms with Crippen molar-refractivity contribution in [3.05, 3.63) is 0 Å². The molecule has 0 aliphatic carbocycles. The predicted molar refractivity (Wildman–Crippen MR) is 137 cm³/mol. The summed E-state index contributed by atoms with van der Waals surface area (Å²) in [4.78, 5) is 62.2. The number of hydrogen-bond acceptors (Lipinski definition) is 5. The van der Waals surface area contributed by atoms with Crippen LogP contribution in [0.3, 0.4) is 0 Å². The second-order valence-corrected chi connectivity index (χ2v) is 10.7. The van der Waals surface area contributed by atoms with Crippen molar-refractivity contribution in [3.8, 4) is 0 Å². The highest BCUT2D eigenvalue weighted by atomic mass is 16.2. The molecule has 35 heavy (non-hydrogen) atoms. The lowest BCUT2D eigenvalue weighted by atomic mass is 9.98. The highest BCUT2D eigenvalue weighted by Crippen LogP contribution is 2.11. The van der Waals surface area contributed by atoms with Gasteiger partial charge in [0.25, 0.3) is 0 Å². The largest absolute Gasteiger partial charge is 0.345 e. The van der Waals surface area contributed by atoms with Crippen LogP contribution in [0, 0.1) is 17.8 Å². The first kappa shape index (κ1) is 32.5. The number of hydrogen-bond donors (Lipinski definition) is 4. The Labute approximate surface area is 211 Å². The smallest absolute Gasteiger partial charge is 0.243 e. The Bertz CT molecular complexity index is 693. The normalized spacial score (nSPS) is 14.7. The monoisotopic (exact) mass is 496 g/mol. The molecule has 0 aromatic carbocycles. The number of amides is 4. The van der Waals surface area contributed by atoms with Crippen molar-refractivity contribution < 1.29 is 24.0 Å². The molecule has 202 valence electrons. The van der Waals surface area contributed by atoms with Crippen LogP contribution in [0.4, 0.5) is 0 Å². The zero-order valence-corrected chi connectivity index (χ0v) is 22.9. The average molecular weight is 497 g/mol. The number of unbranched alkanes of at least 4 members (excludes halogenated alkanes) is 1. The molecule has 0 saturated carbocycles. The van der Waals surface area contributed by atoms with Crippen LogP contribution in [-0.4, -0.2) is 54.1 Å². The van der Waals surface area contributed by atoms with E-state index in [2.05, 4.69) is 21.3 Å². The Balaban J connectivity index is 5.59. The van der Waals surface area contributed by atoms with Crippen molar-refractivity contribution >= 4 is 29.9 Å². The number of carbonyl (C=O) groups excluding carboxylic acids is 5. The summed E-state index contributed by atoms with van der Waals surface area (Å²) in [5.41, 5.74) is 0. The molecule has 4 atom stereocenters. The van der Waals surface area contributed by atoms with Crippen LogP contribution in [0.5, 0.6) is 0 Å². The van der Waals surface area contributed by atoms with Crippen molar-refractivity contribution in [2.24, 2.45) is 17.8 Å². The SMILES string of the molecule is CCCC[C@@H](C=O)NC(=O)C(CC(C)C)NC(=O)[C@H](CC(C)C)NC(=O)[C@H](CC(C)C)NC(C)=O. The molecule has 0 bridgehead atoms. The first-order valence-electron chi connectivity index (χ1n) is 12.9. The Morgan fingerprint density at radius 3 is 1.34 bits per heavy atom. The van der Waals surface area contributed by atoms with Gasteiger partial charge in [-0.05, 0) is 43.4 Å². The quantitative estimate of drug-likeness (QED) is 0.230. The molecule has 4 N–H and O–H groups in total. The molecular weight excluding hydrogens is 448 g/mol. The van der Waals surface area contributed by atoms with Crippen molar-refractivity contribution in [1.29, 1.82) is 0 Å². The fraction of sp³-hybridized carbons (Fsp3) is 0.808. The molecule has 0 aromatic rings. The topological polar surface area (TPSA) is 133 Å². The van der Waals surface area contributed by atoms with E-state index in [1.807, 2.05) is 48.5 Å². The first-order chi connectivity index (χ1) is 16.3. The number of carbonyl (C=O) groups is 5. The third kappa shape index (κ3) is 14.5. The van der Waals surface area contributed by atoms with E-state index in [0.717, 1.165) is 19.1 Å². The van der Waals surface area contributed by atoms with E-state index < -0.39 is 41.9 Å². The van der Waals surface area contributed by atoms with Crippen molar-refractivity contribution in [1.82, 2.24) is 21.3 Å². The van der Waals surface area contributed by atoms with Gasteiger partial charge in [-0.3, -0.25) is 19.2 Å². The minimum atomic E-state index is -0.865. The zero-order valence-electron chi connectivity index (χ0n) is 22.9.